The molecule has 1 aromatic rings. The summed E-state index contributed by atoms with van der Waals surface area (Å²) in [7, 11) is -1.76. The Morgan fingerprint density at radius 3 is 2.52 bits per heavy atom. The highest BCUT2D eigenvalue weighted by Crippen LogP contribution is 2.11. The molecule has 0 unspecified atom stereocenters. The molecule has 1 aromatic carbocycles. The molecule has 0 atom stereocenters. The fourth-order valence-electron chi connectivity index (χ4n) is 2.26. The van der Waals surface area contributed by atoms with Gasteiger partial charge in [0.05, 0.1) is 32.5 Å². The average molecular weight is 342 g/mol. The van der Waals surface area contributed by atoms with Crippen LogP contribution >= 0.6 is 0 Å². The topological polar surface area (TPSA) is 84.9 Å². The van der Waals surface area contributed by atoms with E-state index >= 15 is 0 Å². The molecule has 1 saturated heterocycles. The number of carbonyl (C=O) groups excluding carboxylic acids is 1. The lowest BCUT2D eigenvalue weighted by molar-refractivity contribution is -0.120. The van der Waals surface area contributed by atoms with Crippen molar-refractivity contribution in [3.8, 4) is 5.75 Å². The first-order chi connectivity index (χ1) is 11.0. The first-order valence-corrected chi connectivity index (χ1v) is 9.07. The number of carbonyl (C=O) groups is 1. The van der Waals surface area contributed by atoms with Gasteiger partial charge in [-0.05, 0) is 17.7 Å². The summed E-state index contributed by atoms with van der Waals surface area (Å²) in [6, 6.07) is 7.18. The van der Waals surface area contributed by atoms with Crippen molar-refractivity contribution >= 4 is 15.9 Å². The van der Waals surface area contributed by atoms with E-state index in [2.05, 4.69) is 5.32 Å². The smallest absolute Gasteiger partial charge is 0.224 e. The number of benzene rings is 1. The SMILES string of the molecule is COc1ccc(CC(=O)NCCS(=O)(=O)N2CCOCC2)cc1. The number of nitrogens with one attached hydrogen (secondary N) is 1. The largest absolute Gasteiger partial charge is 0.497 e. The van der Waals surface area contributed by atoms with E-state index < -0.39 is 10.0 Å². The van der Waals surface area contributed by atoms with Crippen LogP contribution in [0, 0.1) is 0 Å². The van der Waals surface area contributed by atoms with Gasteiger partial charge in [0.25, 0.3) is 0 Å². The molecular formula is C15H22N2O5S. The molecule has 0 aliphatic carbocycles. The minimum Gasteiger partial charge on any atom is -0.497 e. The van der Waals surface area contributed by atoms with Crippen LogP contribution in [0.4, 0.5) is 0 Å². The number of sulfonamides is 1. The molecule has 1 aliphatic rings. The van der Waals surface area contributed by atoms with Crippen molar-refractivity contribution in [3.63, 3.8) is 0 Å². The first kappa shape index (κ1) is 17.7. The molecule has 1 aliphatic heterocycles. The average Bonchev–Trinajstić information content (AvgIpc) is 2.56. The summed E-state index contributed by atoms with van der Waals surface area (Å²) in [6.45, 7) is 1.70. The Bertz CT molecular complexity index is 609. The van der Waals surface area contributed by atoms with Gasteiger partial charge in [-0.1, -0.05) is 12.1 Å². The Labute approximate surface area is 136 Å². The van der Waals surface area contributed by atoms with Crippen LogP contribution in [0.1, 0.15) is 5.56 Å². The molecular weight excluding hydrogens is 320 g/mol. The first-order valence-electron chi connectivity index (χ1n) is 7.46. The lowest BCUT2D eigenvalue weighted by Gasteiger charge is -2.26. The molecule has 1 amide bonds. The second-order valence-electron chi connectivity index (χ2n) is 5.20. The number of nitrogens with zero attached hydrogens (tertiary/aromatic N) is 1. The standard InChI is InChI=1S/C15H22N2O5S/c1-21-14-4-2-13(3-5-14)12-15(18)16-6-11-23(19,20)17-7-9-22-10-8-17/h2-5H,6-12H2,1H3,(H,16,18). The van der Waals surface area contributed by atoms with Crippen molar-refractivity contribution in [3.05, 3.63) is 29.8 Å². The summed E-state index contributed by atoms with van der Waals surface area (Å²) >= 11 is 0. The lowest BCUT2D eigenvalue weighted by atomic mass is 10.1. The summed E-state index contributed by atoms with van der Waals surface area (Å²) in [5.41, 5.74) is 0.847. The third-order valence-electron chi connectivity index (χ3n) is 3.57. The summed E-state index contributed by atoms with van der Waals surface area (Å²) in [5, 5.41) is 2.65. The number of amides is 1. The van der Waals surface area contributed by atoms with Gasteiger partial charge >= 0.3 is 0 Å². The van der Waals surface area contributed by atoms with Gasteiger partial charge in [-0.25, -0.2) is 8.42 Å². The number of hydrogen-bond acceptors (Lipinski definition) is 5. The number of methoxy groups -OCH3 is 1. The third kappa shape index (κ3) is 5.49. The Kier molecular flexibility index (Phi) is 6.37. The number of ether oxygens (including phenoxy) is 2. The lowest BCUT2D eigenvalue weighted by Crippen LogP contribution is -2.43. The molecule has 1 N–H and O–H groups in total. The maximum atomic E-state index is 12.1. The highest BCUT2D eigenvalue weighted by Gasteiger charge is 2.23. The monoisotopic (exact) mass is 342 g/mol. The number of morpholine rings is 1. The molecule has 0 aromatic heterocycles. The van der Waals surface area contributed by atoms with Gasteiger partial charge in [-0.15, -0.1) is 0 Å². The van der Waals surface area contributed by atoms with Gasteiger partial charge in [0.2, 0.25) is 15.9 Å². The van der Waals surface area contributed by atoms with Crippen molar-refractivity contribution in [2.24, 2.45) is 0 Å². The van der Waals surface area contributed by atoms with E-state index in [-0.39, 0.29) is 24.6 Å². The van der Waals surface area contributed by atoms with Gasteiger partial charge in [-0.2, -0.15) is 4.31 Å². The maximum absolute atomic E-state index is 12.1. The van der Waals surface area contributed by atoms with Crippen LogP contribution in [0.3, 0.4) is 0 Å². The minimum absolute atomic E-state index is 0.0959. The van der Waals surface area contributed by atoms with E-state index in [0.29, 0.717) is 26.3 Å². The van der Waals surface area contributed by atoms with Crippen LogP contribution < -0.4 is 10.1 Å². The van der Waals surface area contributed by atoms with E-state index in [1.54, 1.807) is 19.2 Å². The summed E-state index contributed by atoms with van der Waals surface area (Å²) < 4.78 is 35.8. The molecule has 23 heavy (non-hydrogen) atoms. The van der Waals surface area contributed by atoms with E-state index in [4.69, 9.17) is 9.47 Å². The normalized spacial score (nSPS) is 16.0. The molecule has 0 radical (unpaired) electrons. The van der Waals surface area contributed by atoms with E-state index in [0.717, 1.165) is 11.3 Å². The predicted octanol–water partition coefficient (Wildman–Crippen LogP) is 0.0159. The Balaban J connectivity index is 1.75. The molecule has 0 saturated carbocycles. The summed E-state index contributed by atoms with van der Waals surface area (Å²) in [6.07, 6.45) is 0.210. The molecule has 0 bridgehead atoms. The Morgan fingerprint density at radius 1 is 1.26 bits per heavy atom. The van der Waals surface area contributed by atoms with E-state index in [1.807, 2.05) is 12.1 Å². The van der Waals surface area contributed by atoms with Crippen LogP contribution in [0.15, 0.2) is 24.3 Å². The van der Waals surface area contributed by atoms with Crippen molar-refractivity contribution in [1.82, 2.24) is 9.62 Å². The molecule has 2 rings (SSSR count). The van der Waals surface area contributed by atoms with Gasteiger partial charge in [0.15, 0.2) is 0 Å². The van der Waals surface area contributed by atoms with Crippen molar-refractivity contribution in [2.75, 3.05) is 45.7 Å². The second-order valence-corrected chi connectivity index (χ2v) is 7.29. The predicted molar refractivity (Wildman–Crippen MR) is 85.9 cm³/mol. The van der Waals surface area contributed by atoms with Gasteiger partial charge < -0.3 is 14.8 Å². The Hall–Kier alpha value is -1.64. The maximum Gasteiger partial charge on any atom is 0.224 e. The molecule has 7 nitrogen and oxygen atoms in total. The molecule has 1 fully saturated rings. The fourth-order valence-corrected chi connectivity index (χ4v) is 3.59. The fraction of sp³-hybridized carbons (Fsp3) is 0.533. The molecule has 0 spiro atoms. The van der Waals surface area contributed by atoms with Crippen LogP contribution in [-0.2, 0) is 26.0 Å². The quantitative estimate of drug-likeness (QED) is 0.755. The van der Waals surface area contributed by atoms with Crippen LogP contribution in [0.25, 0.3) is 0 Å². The van der Waals surface area contributed by atoms with Crippen LogP contribution in [0.5, 0.6) is 5.75 Å². The second kappa shape index (κ2) is 8.28. The van der Waals surface area contributed by atoms with E-state index in [9.17, 15) is 13.2 Å². The highest BCUT2D eigenvalue weighted by molar-refractivity contribution is 7.89. The number of hydrogen-bond donors (Lipinski definition) is 1. The van der Waals surface area contributed by atoms with Gasteiger partial charge in [-0.3, -0.25) is 4.79 Å². The van der Waals surface area contributed by atoms with Crippen molar-refractivity contribution < 1.29 is 22.7 Å². The van der Waals surface area contributed by atoms with Crippen LogP contribution in [0.2, 0.25) is 0 Å². The minimum atomic E-state index is -3.34. The summed E-state index contributed by atoms with van der Waals surface area (Å²) in [5.74, 6) is 0.430. The zero-order chi connectivity index (χ0) is 16.7. The van der Waals surface area contributed by atoms with Crippen molar-refractivity contribution in [1.29, 1.82) is 0 Å². The van der Waals surface area contributed by atoms with Gasteiger partial charge in [0, 0.05) is 19.6 Å². The number of rotatable bonds is 7. The zero-order valence-electron chi connectivity index (χ0n) is 13.2. The van der Waals surface area contributed by atoms with Crippen LogP contribution in [-0.4, -0.2) is 64.3 Å². The summed E-state index contributed by atoms with van der Waals surface area (Å²) in [4.78, 5) is 11.9. The van der Waals surface area contributed by atoms with Gasteiger partial charge in [0.1, 0.15) is 5.75 Å². The van der Waals surface area contributed by atoms with E-state index in [1.165, 1.54) is 4.31 Å². The zero-order valence-corrected chi connectivity index (χ0v) is 14.0. The molecule has 1 heterocycles. The van der Waals surface area contributed by atoms with Crippen molar-refractivity contribution in [2.45, 2.75) is 6.42 Å². The molecule has 8 heteroatoms. The highest BCUT2D eigenvalue weighted by atomic mass is 32.2. The third-order valence-corrected chi connectivity index (χ3v) is 5.44. The Morgan fingerprint density at radius 2 is 1.91 bits per heavy atom. The molecule has 128 valence electrons.